The van der Waals surface area contributed by atoms with Crippen LogP contribution in [0.5, 0.6) is 0 Å². The fourth-order valence-electron chi connectivity index (χ4n) is 6.97. The average molecular weight is 431 g/mol. The van der Waals surface area contributed by atoms with E-state index in [1.165, 1.54) is 44.5 Å². The Balaban J connectivity index is 2.00. The summed E-state index contributed by atoms with van der Waals surface area (Å²) in [6, 6.07) is 10.1. The van der Waals surface area contributed by atoms with Gasteiger partial charge in [0.25, 0.3) is 0 Å². The van der Waals surface area contributed by atoms with Gasteiger partial charge < -0.3 is 0 Å². The van der Waals surface area contributed by atoms with Crippen LogP contribution < -0.4 is 0 Å². The largest absolute Gasteiger partial charge is 0.0582 e. The van der Waals surface area contributed by atoms with E-state index in [9.17, 15) is 0 Å². The first-order valence-corrected chi connectivity index (χ1v) is 12.6. The molecule has 0 aliphatic heterocycles. The van der Waals surface area contributed by atoms with Gasteiger partial charge in [0.1, 0.15) is 0 Å². The molecule has 4 rings (SSSR count). The number of hydrogen-bond acceptors (Lipinski definition) is 0. The highest BCUT2D eigenvalue weighted by atomic mass is 14.6. The number of benzene rings is 2. The topological polar surface area (TPSA) is 0 Å². The van der Waals surface area contributed by atoms with E-state index < -0.39 is 0 Å². The molecule has 0 heteroatoms. The van der Waals surface area contributed by atoms with Gasteiger partial charge in [-0.15, -0.1) is 0 Å². The molecule has 2 aromatic carbocycles. The normalized spacial score (nSPS) is 24.8. The van der Waals surface area contributed by atoms with Gasteiger partial charge in [0.15, 0.2) is 0 Å². The van der Waals surface area contributed by atoms with Crippen LogP contribution in [0.1, 0.15) is 116 Å². The summed E-state index contributed by atoms with van der Waals surface area (Å²) >= 11 is 0. The molecule has 0 fully saturated rings. The fourth-order valence-corrected chi connectivity index (χ4v) is 6.97. The summed E-state index contributed by atoms with van der Waals surface area (Å²) in [5, 5.41) is 0. The van der Waals surface area contributed by atoms with E-state index in [0.29, 0.717) is 0 Å². The zero-order valence-electron chi connectivity index (χ0n) is 23.3. The molecule has 0 bridgehead atoms. The Labute approximate surface area is 198 Å². The van der Waals surface area contributed by atoms with Crippen molar-refractivity contribution in [1.29, 1.82) is 0 Å². The molecule has 174 valence electrons. The van der Waals surface area contributed by atoms with Crippen molar-refractivity contribution in [3.05, 3.63) is 57.6 Å². The summed E-state index contributed by atoms with van der Waals surface area (Å²) in [4.78, 5) is 0. The maximum absolute atomic E-state index is 2.55. The van der Waals surface area contributed by atoms with Crippen LogP contribution in [-0.4, -0.2) is 0 Å². The van der Waals surface area contributed by atoms with Crippen molar-refractivity contribution in [2.75, 3.05) is 0 Å². The molecule has 0 N–H and O–H groups in total. The molecule has 0 saturated carbocycles. The van der Waals surface area contributed by atoms with E-state index in [-0.39, 0.29) is 32.5 Å². The van der Waals surface area contributed by atoms with Crippen LogP contribution in [0.3, 0.4) is 0 Å². The molecular weight excluding hydrogens is 384 g/mol. The van der Waals surface area contributed by atoms with Gasteiger partial charge in [-0.3, -0.25) is 0 Å². The van der Waals surface area contributed by atoms with Crippen LogP contribution in [0.25, 0.3) is 11.1 Å². The maximum Gasteiger partial charge on any atom is -0.00410 e. The van der Waals surface area contributed by atoms with Crippen molar-refractivity contribution < 1.29 is 0 Å². The van der Waals surface area contributed by atoms with Gasteiger partial charge >= 0.3 is 0 Å². The lowest BCUT2D eigenvalue weighted by Crippen LogP contribution is -2.42. The molecule has 32 heavy (non-hydrogen) atoms. The van der Waals surface area contributed by atoms with Crippen molar-refractivity contribution in [2.24, 2.45) is 10.8 Å². The summed E-state index contributed by atoms with van der Waals surface area (Å²) in [7, 11) is 0. The second-order valence-corrected chi connectivity index (χ2v) is 14.2. The van der Waals surface area contributed by atoms with Crippen molar-refractivity contribution in [2.45, 2.75) is 119 Å². The van der Waals surface area contributed by atoms with Crippen LogP contribution in [-0.2, 0) is 21.7 Å². The minimum absolute atomic E-state index is 0.127. The minimum Gasteiger partial charge on any atom is -0.0582 e. The predicted octanol–water partition coefficient (Wildman–Crippen LogP) is 9.16. The summed E-state index contributed by atoms with van der Waals surface area (Å²) in [6.07, 6.45) is 0. The molecule has 0 atom stereocenters. The summed E-state index contributed by atoms with van der Waals surface area (Å²) in [6.45, 7) is 34.0. The third-order valence-electron chi connectivity index (χ3n) is 12.0. The molecule has 2 aromatic rings. The standard InChI is InChI=1S/C32H46/c1-19-15-23-25(29(7,8)31(11,12)27(23,3)4)17-21(19)22-18-26-24(16-20(22)2)28(5,6)32(13,14)30(26,9)10/h15-18H,1-14H3. The van der Waals surface area contributed by atoms with Crippen molar-refractivity contribution >= 4 is 0 Å². The van der Waals surface area contributed by atoms with Crippen LogP contribution in [0.2, 0.25) is 0 Å². The Hall–Kier alpha value is -1.56. The molecule has 0 amide bonds. The first-order chi connectivity index (χ1) is 14.2. The van der Waals surface area contributed by atoms with Gasteiger partial charge in [-0.05, 0) is 90.8 Å². The number of fused-ring (bicyclic) bond motifs is 2. The number of rotatable bonds is 1. The van der Waals surface area contributed by atoms with E-state index in [2.05, 4.69) is 121 Å². The van der Waals surface area contributed by atoms with Crippen LogP contribution in [0.15, 0.2) is 24.3 Å². The van der Waals surface area contributed by atoms with Crippen molar-refractivity contribution in [1.82, 2.24) is 0 Å². The monoisotopic (exact) mass is 430 g/mol. The second-order valence-electron chi connectivity index (χ2n) is 14.2. The van der Waals surface area contributed by atoms with Gasteiger partial charge in [-0.1, -0.05) is 107 Å². The summed E-state index contributed by atoms with van der Waals surface area (Å²) in [5.41, 5.74) is 12.7. The van der Waals surface area contributed by atoms with E-state index in [0.717, 1.165) is 0 Å². The maximum atomic E-state index is 2.55. The average Bonchev–Trinajstić information content (AvgIpc) is 2.81. The highest BCUT2D eigenvalue weighted by Crippen LogP contribution is 2.64. The van der Waals surface area contributed by atoms with Crippen LogP contribution in [0, 0.1) is 24.7 Å². The number of hydrogen-bond donors (Lipinski definition) is 0. The first kappa shape index (κ1) is 23.6. The molecule has 2 aliphatic carbocycles. The lowest BCUT2D eigenvalue weighted by molar-refractivity contribution is 0.125. The second kappa shape index (κ2) is 6.11. The van der Waals surface area contributed by atoms with Gasteiger partial charge in [-0.25, -0.2) is 0 Å². The Bertz CT molecular complexity index is 1040. The SMILES string of the molecule is Cc1cc2c(cc1-c1cc3c(cc1C)C(C)(C)C(C)(C)C3(C)C)C(C)(C)C(C)(C)C2(C)C. The van der Waals surface area contributed by atoms with Crippen molar-refractivity contribution in [3.8, 4) is 11.1 Å². The zero-order valence-corrected chi connectivity index (χ0v) is 23.3. The lowest BCUT2D eigenvalue weighted by Gasteiger charge is -2.44. The highest BCUT2D eigenvalue weighted by molar-refractivity contribution is 5.76. The third-order valence-corrected chi connectivity index (χ3v) is 12.0. The van der Waals surface area contributed by atoms with E-state index in [1.807, 2.05) is 0 Å². The van der Waals surface area contributed by atoms with Crippen LogP contribution in [0.4, 0.5) is 0 Å². The van der Waals surface area contributed by atoms with Crippen LogP contribution >= 0.6 is 0 Å². The zero-order chi connectivity index (χ0) is 24.4. The Morgan fingerprint density at radius 1 is 0.375 bits per heavy atom. The highest BCUT2D eigenvalue weighted by Gasteiger charge is 2.58. The van der Waals surface area contributed by atoms with E-state index in [1.54, 1.807) is 0 Å². The molecular formula is C32H46. The molecule has 0 saturated heterocycles. The van der Waals surface area contributed by atoms with Gasteiger partial charge in [-0.2, -0.15) is 0 Å². The Kier molecular flexibility index (Phi) is 4.50. The molecule has 0 spiro atoms. The molecule has 2 aliphatic rings. The fraction of sp³-hybridized carbons (Fsp3) is 0.625. The molecule has 0 nitrogen and oxygen atoms in total. The van der Waals surface area contributed by atoms with E-state index >= 15 is 0 Å². The van der Waals surface area contributed by atoms with Gasteiger partial charge in [0.05, 0.1) is 0 Å². The minimum atomic E-state index is 0.127. The first-order valence-electron chi connectivity index (χ1n) is 12.6. The molecule has 0 heterocycles. The lowest BCUT2D eigenvalue weighted by atomic mass is 9.59. The Morgan fingerprint density at radius 2 is 0.594 bits per heavy atom. The molecule has 0 aromatic heterocycles. The smallest absolute Gasteiger partial charge is 0.00410 e. The predicted molar refractivity (Wildman–Crippen MR) is 141 cm³/mol. The van der Waals surface area contributed by atoms with E-state index in [4.69, 9.17) is 0 Å². The number of aryl methyl sites for hydroxylation is 2. The molecule has 0 unspecified atom stereocenters. The molecule has 0 radical (unpaired) electrons. The Morgan fingerprint density at radius 3 is 0.844 bits per heavy atom. The van der Waals surface area contributed by atoms with Gasteiger partial charge in [0, 0.05) is 0 Å². The third kappa shape index (κ3) is 2.40. The van der Waals surface area contributed by atoms with Crippen molar-refractivity contribution in [3.63, 3.8) is 0 Å². The summed E-state index contributed by atoms with van der Waals surface area (Å²) in [5.74, 6) is 0. The van der Waals surface area contributed by atoms with Gasteiger partial charge in [0.2, 0.25) is 0 Å². The quantitative estimate of drug-likeness (QED) is 0.423. The summed E-state index contributed by atoms with van der Waals surface area (Å²) < 4.78 is 0.